The molecule has 1 fully saturated rings. The first-order valence-electron chi connectivity index (χ1n) is 3.51. The van der Waals surface area contributed by atoms with Crippen molar-refractivity contribution < 1.29 is 25.2 Å². The fourth-order valence-corrected chi connectivity index (χ4v) is 1.79. The van der Waals surface area contributed by atoms with Gasteiger partial charge in [0.2, 0.25) is 0 Å². The van der Waals surface area contributed by atoms with Crippen molar-refractivity contribution in [2.24, 2.45) is 0 Å². The molecule has 1 saturated heterocycles. The summed E-state index contributed by atoms with van der Waals surface area (Å²) in [5, 5.41) is 36.5. The number of hydrogen-bond acceptors (Lipinski definition) is 5. The van der Waals surface area contributed by atoms with Crippen LogP contribution in [-0.4, -0.2) is 55.6 Å². The number of aliphatic hydroxyl groups is 4. The largest absolute Gasteiger partial charge is 0.388 e. The van der Waals surface area contributed by atoms with Crippen molar-refractivity contribution in [3.63, 3.8) is 0 Å². The Bertz CT molecular complexity index is 150. The summed E-state index contributed by atoms with van der Waals surface area (Å²) >= 11 is 1.96. The molecule has 0 aromatic rings. The van der Waals surface area contributed by atoms with Crippen LogP contribution >= 0.6 is 22.6 Å². The van der Waals surface area contributed by atoms with Crippen LogP contribution in [0.5, 0.6) is 0 Å². The van der Waals surface area contributed by atoms with Crippen LogP contribution in [0.2, 0.25) is 0 Å². The molecule has 1 heterocycles. The molecule has 0 aromatic carbocycles. The van der Waals surface area contributed by atoms with Gasteiger partial charge in [-0.3, -0.25) is 0 Å². The van der Waals surface area contributed by atoms with E-state index in [9.17, 15) is 10.2 Å². The van der Waals surface area contributed by atoms with Crippen LogP contribution in [0.15, 0.2) is 0 Å². The zero-order valence-electron chi connectivity index (χ0n) is 6.17. The van der Waals surface area contributed by atoms with E-state index in [0.717, 1.165) is 0 Å². The van der Waals surface area contributed by atoms with Crippen LogP contribution in [0.25, 0.3) is 0 Å². The molecule has 1 aliphatic heterocycles. The maximum Gasteiger partial charge on any atom is 0.183 e. The van der Waals surface area contributed by atoms with Gasteiger partial charge in [0.05, 0.1) is 6.10 Å². The summed E-state index contributed by atoms with van der Waals surface area (Å²) in [6.45, 7) is 0. The minimum absolute atomic E-state index is 0.444. The van der Waals surface area contributed by atoms with Crippen LogP contribution in [0, 0.1) is 0 Å². The van der Waals surface area contributed by atoms with Crippen molar-refractivity contribution in [2.45, 2.75) is 30.7 Å². The molecule has 0 aliphatic carbocycles. The number of aliphatic hydroxyl groups excluding tert-OH is 4. The Morgan fingerprint density at radius 1 is 1.00 bits per heavy atom. The van der Waals surface area contributed by atoms with Gasteiger partial charge < -0.3 is 25.2 Å². The molecule has 0 amide bonds. The predicted molar refractivity (Wildman–Crippen MR) is 47.8 cm³/mol. The Morgan fingerprint density at radius 2 is 1.58 bits per heavy atom. The standard InChI is InChI=1S/C6H11IO5/c7-1-2-3(8)4(9)5(10)6(11)12-2/h2-6,8-11H,1H2/t2?,3-,4+,5-,6-/m1/s1. The Morgan fingerprint density at radius 3 is 2.08 bits per heavy atom. The Balaban J connectivity index is 2.63. The van der Waals surface area contributed by atoms with Crippen molar-refractivity contribution in [1.29, 1.82) is 0 Å². The SMILES string of the molecule is O[C@@H]1[C@@H](O)[C@H](O)C(CI)O[C@H]1O. The number of hydrogen-bond donors (Lipinski definition) is 4. The highest BCUT2D eigenvalue weighted by molar-refractivity contribution is 14.1. The van der Waals surface area contributed by atoms with E-state index in [2.05, 4.69) is 0 Å². The first-order valence-corrected chi connectivity index (χ1v) is 5.04. The van der Waals surface area contributed by atoms with Crippen LogP contribution in [0.1, 0.15) is 0 Å². The van der Waals surface area contributed by atoms with Gasteiger partial charge in [0.25, 0.3) is 0 Å². The predicted octanol–water partition coefficient (Wildman–Crippen LogP) is -1.78. The quantitative estimate of drug-likeness (QED) is 0.339. The molecule has 0 radical (unpaired) electrons. The van der Waals surface area contributed by atoms with Crippen LogP contribution in [-0.2, 0) is 4.74 Å². The molecule has 1 rings (SSSR count). The van der Waals surface area contributed by atoms with E-state index < -0.39 is 30.7 Å². The van der Waals surface area contributed by atoms with Crippen molar-refractivity contribution in [3.05, 3.63) is 0 Å². The second-order valence-electron chi connectivity index (χ2n) is 2.69. The third kappa shape index (κ3) is 1.88. The molecule has 5 nitrogen and oxygen atoms in total. The summed E-state index contributed by atoms with van der Waals surface area (Å²) in [6, 6.07) is 0. The molecule has 5 atom stereocenters. The Hall–Kier alpha value is 0.530. The average molecular weight is 290 g/mol. The molecule has 1 unspecified atom stereocenters. The number of halogens is 1. The molecule has 0 aromatic heterocycles. The fraction of sp³-hybridized carbons (Fsp3) is 1.00. The van der Waals surface area contributed by atoms with E-state index in [1.807, 2.05) is 22.6 Å². The number of rotatable bonds is 1. The van der Waals surface area contributed by atoms with E-state index in [1.165, 1.54) is 0 Å². The van der Waals surface area contributed by atoms with Gasteiger partial charge in [0, 0.05) is 4.43 Å². The monoisotopic (exact) mass is 290 g/mol. The van der Waals surface area contributed by atoms with E-state index in [1.54, 1.807) is 0 Å². The third-order valence-electron chi connectivity index (χ3n) is 1.84. The highest BCUT2D eigenvalue weighted by atomic mass is 127. The van der Waals surface area contributed by atoms with Gasteiger partial charge in [0.1, 0.15) is 18.3 Å². The topological polar surface area (TPSA) is 90.2 Å². The molecule has 0 saturated carbocycles. The van der Waals surface area contributed by atoms with Gasteiger partial charge in [-0.05, 0) is 0 Å². The zero-order valence-corrected chi connectivity index (χ0v) is 8.33. The van der Waals surface area contributed by atoms with Crippen LogP contribution < -0.4 is 0 Å². The zero-order chi connectivity index (χ0) is 9.30. The Labute approximate surface area is 83.1 Å². The number of alkyl halides is 1. The van der Waals surface area contributed by atoms with Crippen molar-refractivity contribution in [2.75, 3.05) is 4.43 Å². The molecule has 12 heavy (non-hydrogen) atoms. The molecular formula is C6H11IO5. The first kappa shape index (κ1) is 10.6. The van der Waals surface area contributed by atoms with Crippen LogP contribution in [0.3, 0.4) is 0 Å². The van der Waals surface area contributed by atoms with E-state index in [4.69, 9.17) is 14.9 Å². The van der Waals surface area contributed by atoms with Crippen molar-refractivity contribution in [1.82, 2.24) is 0 Å². The van der Waals surface area contributed by atoms with E-state index >= 15 is 0 Å². The minimum Gasteiger partial charge on any atom is -0.388 e. The second kappa shape index (κ2) is 4.16. The molecular weight excluding hydrogens is 279 g/mol. The highest BCUT2D eigenvalue weighted by Crippen LogP contribution is 2.20. The summed E-state index contributed by atoms with van der Waals surface area (Å²) < 4.78 is 5.26. The molecule has 4 N–H and O–H groups in total. The summed E-state index contributed by atoms with van der Waals surface area (Å²) in [6.07, 6.45) is -5.95. The molecule has 6 heteroatoms. The molecule has 1 aliphatic rings. The third-order valence-corrected chi connectivity index (χ3v) is 2.71. The second-order valence-corrected chi connectivity index (χ2v) is 3.57. The van der Waals surface area contributed by atoms with Crippen molar-refractivity contribution in [3.8, 4) is 0 Å². The fourth-order valence-electron chi connectivity index (χ4n) is 1.06. The molecule has 72 valence electrons. The van der Waals surface area contributed by atoms with Gasteiger partial charge >= 0.3 is 0 Å². The average Bonchev–Trinajstić information content (AvgIpc) is 2.08. The van der Waals surface area contributed by atoms with Gasteiger partial charge in [0.15, 0.2) is 6.29 Å². The minimum atomic E-state index is -1.43. The summed E-state index contributed by atoms with van der Waals surface area (Å²) in [5.74, 6) is 0. The van der Waals surface area contributed by atoms with Gasteiger partial charge in [-0.2, -0.15) is 0 Å². The maximum absolute atomic E-state index is 9.27. The van der Waals surface area contributed by atoms with Gasteiger partial charge in [-0.25, -0.2) is 0 Å². The van der Waals surface area contributed by atoms with E-state index in [-0.39, 0.29) is 0 Å². The smallest absolute Gasteiger partial charge is 0.183 e. The number of ether oxygens (including phenoxy) is 1. The highest BCUT2D eigenvalue weighted by Gasteiger charge is 2.42. The lowest BCUT2D eigenvalue weighted by atomic mass is 10.0. The van der Waals surface area contributed by atoms with Crippen molar-refractivity contribution >= 4 is 22.6 Å². The summed E-state index contributed by atoms with van der Waals surface area (Å²) in [7, 11) is 0. The summed E-state index contributed by atoms with van der Waals surface area (Å²) in [4.78, 5) is 0. The lowest BCUT2D eigenvalue weighted by Crippen LogP contribution is -2.57. The normalized spacial score (nSPS) is 49.2. The summed E-state index contributed by atoms with van der Waals surface area (Å²) in [5.41, 5.74) is 0. The van der Waals surface area contributed by atoms with Gasteiger partial charge in [-0.15, -0.1) is 0 Å². The Kier molecular flexibility index (Phi) is 3.68. The lowest BCUT2D eigenvalue weighted by molar-refractivity contribution is -0.275. The van der Waals surface area contributed by atoms with Gasteiger partial charge in [-0.1, -0.05) is 22.6 Å². The van der Waals surface area contributed by atoms with Crippen LogP contribution in [0.4, 0.5) is 0 Å². The molecule has 0 bridgehead atoms. The molecule has 0 spiro atoms. The first-order chi connectivity index (χ1) is 5.57. The van der Waals surface area contributed by atoms with E-state index in [0.29, 0.717) is 4.43 Å². The lowest BCUT2D eigenvalue weighted by Gasteiger charge is -2.37. The maximum atomic E-state index is 9.27.